The highest BCUT2D eigenvalue weighted by Gasteiger charge is 2.38. The summed E-state index contributed by atoms with van der Waals surface area (Å²) in [5.41, 5.74) is 6.03. The van der Waals surface area contributed by atoms with E-state index in [4.69, 9.17) is 0 Å². The molecule has 2 aliphatic rings. The number of aryl methyl sites for hydroxylation is 2. The third kappa shape index (κ3) is 4.79. The quantitative estimate of drug-likeness (QED) is 0.388. The van der Waals surface area contributed by atoms with Gasteiger partial charge < -0.3 is 20.4 Å². The summed E-state index contributed by atoms with van der Waals surface area (Å²) in [6, 6.07) is 8.38. The van der Waals surface area contributed by atoms with E-state index in [1.807, 2.05) is 0 Å². The zero-order chi connectivity index (χ0) is 23.6. The van der Waals surface area contributed by atoms with Crippen LogP contribution in [0.4, 0.5) is 0 Å². The predicted molar refractivity (Wildman–Crippen MR) is 132 cm³/mol. The molecular formula is C29H40O4. The minimum atomic E-state index is 0.00362. The molecule has 0 spiro atoms. The van der Waals surface area contributed by atoms with Crippen LogP contribution in [-0.2, 0) is 30.1 Å². The molecule has 4 N–H and O–H groups in total. The average molecular weight is 453 g/mol. The molecule has 4 rings (SSSR count). The molecule has 2 aliphatic carbocycles. The van der Waals surface area contributed by atoms with E-state index in [2.05, 4.69) is 38.1 Å². The van der Waals surface area contributed by atoms with Crippen molar-refractivity contribution in [3.8, 4) is 11.5 Å². The van der Waals surface area contributed by atoms with Crippen molar-refractivity contribution in [1.29, 1.82) is 0 Å². The fraction of sp³-hybridized carbons (Fsp3) is 0.586. The second-order valence-corrected chi connectivity index (χ2v) is 11.0. The minimum absolute atomic E-state index is 0.00362. The third-order valence-corrected chi connectivity index (χ3v) is 8.34. The Morgan fingerprint density at radius 1 is 0.667 bits per heavy atom. The average Bonchev–Trinajstić information content (AvgIpc) is 2.76. The normalized spacial score (nSPS) is 18.5. The van der Waals surface area contributed by atoms with Crippen LogP contribution in [0.2, 0.25) is 0 Å². The Kier molecular flexibility index (Phi) is 7.07. The van der Waals surface area contributed by atoms with Crippen LogP contribution in [0.5, 0.6) is 11.5 Å². The lowest BCUT2D eigenvalue weighted by atomic mass is 9.64. The molecule has 2 fully saturated rings. The summed E-state index contributed by atoms with van der Waals surface area (Å²) in [7, 11) is 0. The molecule has 0 amide bonds. The minimum Gasteiger partial charge on any atom is -0.507 e. The summed E-state index contributed by atoms with van der Waals surface area (Å²) in [5.74, 6) is 0.725. The first kappa shape index (κ1) is 24.1. The van der Waals surface area contributed by atoms with Crippen LogP contribution in [0.25, 0.3) is 0 Å². The summed E-state index contributed by atoms with van der Waals surface area (Å²) in [5, 5.41) is 41.3. The Labute approximate surface area is 198 Å². The van der Waals surface area contributed by atoms with Crippen molar-refractivity contribution in [2.24, 2.45) is 0 Å². The van der Waals surface area contributed by atoms with Crippen molar-refractivity contribution in [1.82, 2.24) is 0 Å². The van der Waals surface area contributed by atoms with Crippen molar-refractivity contribution in [2.45, 2.75) is 95.3 Å². The van der Waals surface area contributed by atoms with E-state index in [9.17, 15) is 20.4 Å². The highest BCUT2D eigenvalue weighted by atomic mass is 16.3. The van der Waals surface area contributed by atoms with E-state index in [0.29, 0.717) is 30.8 Å². The Bertz CT molecular complexity index is 906. The molecule has 0 heterocycles. The van der Waals surface area contributed by atoms with E-state index >= 15 is 0 Å². The van der Waals surface area contributed by atoms with Crippen molar-refractivity contribution in [2.75, 3.05) is 13.2 Å². The summed E-state index contributed by atoms with van der Waals surface area (Å²) >= 11 is 0. The smallest absolute Gasteiger partial charge is 0.122 e. The third-order valence-electron chi connectivity index (χ3n) is 8.34. The molecule has 0 aliphatic heterocycles. The Morgan fingerprint density at radius 2 is 1.06 bits per heavy atom. The molecule has 2 aromatic rings. The van der Waals surface area contributed by atoms with Crippen LogP contribution in [0, 0.1) is 0 Å². The van der Waals surface area contributed by atoms with Gasteiger partial charge in [-0.1, -0.05) is 51.0 Å². The second kappa shape index (κ2) is 9.68. The van der Waals surface area contributed by atoms with Crippen molar-refractivity contribution in [3.05, 3.63) is 57.6 Å². The molecule has 2 aromatic carbocycles. The van der Waals surface area contributed by atoms with Crippen LogP contribution in [-0.4, -0.2) is 33.6 Å². The van der Waals surface area contributed by atoms with E-state index in [1.54, 1.807) is 0 Å². The van der Waals surface area contributed by atoms with Gasteiger partial charge in [0.25, 0.3) is 0 Å². The zero-order valence-corrected chi connectivity index (χ0v) is 20.3. The molecule has 2 saturated carbocycles. The molecule has 180 valence electrons. The van der Waals surface area contributed by atoms with Gasteiger partial charge in [-0.15, -0.1) is 0 Å². The van der Waals surface area contributed by atoms with Gasteiger partial charge in [-0.05, 0) is 84.5 Å². The molecule has 33 heavy (non-hydrogen) atoms. The first-order valence-corrected chi connectivity index (χ1v) is 12.7. The summed E-state index contributed by atoms with van der Waals surface area (Å²) in [6.07, 6.45) is 10.1. The summed E-state index contributed by atoms with van der Waals surface area (Å²) in [4.78, 5) is 0. The molecule has 0 saturated heterocycles. The number of rotatable bonds is 10. The highest BCUT2D eigenvalue weighted by molar-refractivity contribution is 5.54. The van der Waals surface area contributed by atoms with E-state index in [0.717, 1.165) is 71.9 Å². The van der Waals surface area contributed by atoms with Gasteiger partial charge >= 0.3 is 0 Å². The molecule has 4 nitrogen and oxygen atoms in total. The van der Waals surface area contributed by atoms with Crippen molar-refractivity contribution < 1.29 is 20.4 Å². The lowest BCUT2D eigenvalue weighted by Crippen LogP contribution is -2.31. The number of benzene rings is 2. The van der Waals surface area contributed by atoms with E-state index < -0.39 is 0 Å². The molecule has 0 aromatic heterocycles. The highest BCUT2D eigenvalue weighted by Crippen LogP contribution is 2.50. The number of hydrogen-bond donors (Lipinski definition) is 4. The maximum absolute atomic E-state index is 11.3. The number of aromatic hydroxyl groups is 2. The molecule has 0 radical (unpaired) electrons. The fourth-order valence-corrected chi connectivity index (χ4v) is 5.72. The Hall–Kier alpha value is -2.04. The number of phenols is 2. The first-order valence-electron chi connectivity index (χ1n) is 12.7. The van der Waals surface area contributed by atoms with Crippen LogP contribution in [0.1, 0.15) is 98.6 Å². The molecular weight excluding hydrogens is 412 g/mol. The van der Waals surface area contributed by atoms with Gasteiger partial charge in [0, 0.05) is 30.8 Å². The monoisotopic (exact) mass is 452 g/mol. The molecule has 4 heteroatoms. The van der Waals surface area contributed by atoms with Gasteiger partial charge in [0.1, 0.15) is 11.5 Å². The van der Waals surface area contributed by atoms with Crippen LogP contribution >= 0.6 is 0 Å². The van der Waals surface area contributed by atoms with Gasteiger partial charge in [0.2, 0.25) is 0 Å². The van der Waals surface area contributed by atoms with Crippen LogP contribution in [0.15, 0.2) is 24.3 Å². The van der Waals surface area contributed by atoms with E-state index in [-0.39, 0.29) is 24.0 Å². The van der Waals surface area contributed by atoms with Gasteiger partial charge in [-0.3, -0.25) is 0 Å². The number of hydrogen-bond acceptors (Lipinski definition) is 4. The van der Waals surface area contributed by atoms with Gasteiger partial charge in [0.05, 0.1) is 0 Å². The van der Waals surface area contributed by atoms with Crippen LogP contribution < -0.4 is 0 Å². The number of aliphatic hydroxyl groups excluding tert-OH is 2. The lowest BCUT2D eigenvalue weighted by molar-refractivity contribution is 0.261. The van der Waals surface area contributed by atoms with Gasteiger partial charge in [-0.25, -0.2) is 0 Å². The molecule has 0 atom stereocenters. The molecule has 0 bridgehead atoms. The maximum Gasteiger partial charge on any atom is 0.122 e. The van der Waals surface area contributed by atoms with Gasteiger partial charge in [0.15, 0.2) is 0 Å². The summed E-state index contributed by atoms with van der Waals surface area (Å²) in [6.45, 7) is 4.76. The topological polar surface area (TPSA) is 80.9 Å². The van der Waals surface area contributed by atoms with Crippen molar-refractivity contribution in [3.63, 3.8) is 0 Å². The largest absolute Gasteiger partial charge is 0.507 e. The molecule has 0 unspecified atom stereocenters. The van der Waals surface area contributed by atoms with Crippen molar-refractivity contribution >= 4 is 0 Å². The number of aliphatic hydroxyl groups is 2. The zero-order valence-electron chi connectivity index (χ0n) is 20.3. The fourth-order valence-electron chi connectivity index (χ4n) is 5.72. The van der Waals surface area contributed by atoms with E-state index in [1.165, 1.54) is 12.8 Å². The summed E-state index contributed by atoms with van der Waals surface area (Å²) < 4.78 is 0. The SMILES string of the molecule is CC1(c2cc(CCCO)cc(Cc3cc(CCCO)cc(C4(C)CCC4)c3O)c2O)CCC1. The Morgan fingerprint density at radius 3 is 1.36 bits per heavy atom. The van der Waals surface area contributed by atoms with Gasteiger partial charge in [-0.2, -0.15) is 0 Å². The van der Waals surface area contributed by atoms with Crippen LogP contribution in [0.3, 0.4) is 0 Å². The lowest BCUT2D eigenvalue weighted by Gasteiger charge is -2.40. The Balaban J connectivity index is 1.75. The standard InChI is InChI=1S/C29H40O4/c1-28(9-5-10-28)24-17-20(7-3-13-30)15-22(26(24)32)19-23-16-21(8-4-14-31)18-25(27(23)33)29(2)11-6-12-29/h15-18,30-33H,3-14,19H2,1-2H3. The first-order chi connectivity index (χ1) is 15.8. The maximum atomic E-state index is 11.3. The predicted octanol–water partition coefficient (Wildman–Crippen LogP) is 5.42. The second-order valence-electron chi connectivity index (χ2n) is 11.0. The number of phenolic OH excluding ortho intramolecular Hbond substituents is 2.